The van der Waals surface area contributed by atoms with Crippen molar-refractivity contribution in [1.29, 1.82) is 0 Å². The summed E-state index contributed by atoms with van der Waals surface area (Å²) in [6.07, 6.45) is 6.02. The van der Waals surface area contributed by atoms with Crippen LogP contribution >= 0.6 is 0 Å². The van der Waals surface area contributed by atoms with Gasteiger partial charge in [0, 0.05) is 28.8 Å². The number of phenolic OH excluding ortho intramolecular Hbond substituents is 1. The number of aromatic nitrogens is 2. The van der Waals surface area contributed by atoms with Crippen molar-refractivity contribution >= 4 is 17.6 Å². The van der Waals surface area contributed by atoms with Crippen molar-refractivity contribution in [2.45, 2.75) is 71.3 Å². The number of aryl methyl sites for hydroxylation is 1. The van der Waals surface area contributed by atoms with E-state index in [0.717, 1.165) is 44.2 Å². The maximum atomic E-state index is 13.0. The van der Waals surface area contributed by atoms with Gasteiger partial charge in [0.25, 0.3) is 5.91 Å². The third-order valence-corrected chi connectivity index (χ3v) is 6.84. The molecule has 1 aliphatic carbocycles. The lowest BCUT2D eigenvalue weighted by molar-refractivity contribution is 0.102. The summed E-state index contributed by atoms with van der Waals surface area (Å²) in [5.74, 6) is 0.0738. The molecular weight excluding hydrogens is 440 g/mol. The lowest BCUT2D eigenvalue weighted by Gasteiger charge is -2.15. The molecule has 0 spiro atoms. The lowest BCUT2D eigenvalue weighted by Crippen LogP contribution is -2.37. The van der Waals surface area contributed by atoms with Crippen molar-refractivity contribution in [3.63, 3.8) is 0 Å². The Morgan fingerprint density at radius 2 is 1.80 bits per heavy atom. The van der Waals surface area contributed by atoms with Gasteiger partial charge < -0.3 is 15.7 Å². The fraction of sp³-hybridized carbons (Fsp3) is 0.393. The number of amides is 2. The molecule has 1 saturated carbocycles. The third-order valence-electron chi connectivity index (χ3n) is 6.84. The molecule has 1 aliphatic rings. The first-order valence-electron chi connectivity index (χ1n) is 12.5. The number of anilines is 1. The van der Waals surface area contributed by atoms with E-state index in [1.807, 2.05) is 32.0 Å². The van der Waals surface area contributed by atoms with Gasteiger partial charge in [-0.2, -0.15) is 9.78 Å². The van der Waals surface area contributed by atoms with Crippen LogP contribution in [0.2, 0.25) is 0 Å². The molecule has 0 bridgehead atoms. The Morgan fingerprint density at radius 1 is 1.09 bits per heavy atom. The molecule has 2 aromatic carbocycles. The molecule has 1 unspecified atom stereocenters. The van der Waals surface area contributed by atoms with Gasteiger partial charge in [0.05, 0.1) is 11.4 Å². The monoisotopic (exact) mass is 474 g/mol. The number of hydrogen-bond acceptors (Lipinski definition) is 4. The molecule has 1 atom stereocenters. The summed E-state index contributed by atoms with van der Waals surface area (Å²) < 4.78 is 1.46. The SMILES string of the molecule is CCc1ccc(C(=O)Nc2ccc(O)c(-c3cc(C4CCCC4)n(C(=O)NC(C)CC)n3)c2)cc1. The Balaban J connectivity index is 1.63. The van der Waals surface area contributed by atoms with Crippen LogP contribution in [0, 0.1) is 0 Å². The van der Waals surface area contributed by atoms with Gasteiger partial charge in [-0.05, 0) is 74.6 Å². The van der Waals surface area contributed by atoms with Gasteiger partial charge in [-0.3, -0.25) is 4.79 Å². The largest absolute Gasteiger partial charge is 0.507 e. The summed E-state index contributed by atoms with van der Waals surface area (Å²) in [5.41, 5.74) is 4.11. The number of carbonyl (C=O) groups excluding carboxylic acids is 2. The summed E-state index contributed by atoms with van der Waals surface area (Å²) in [6, 6.07) is 14.1. The zero-order valence-electron chi connectivity index (χ0n) is 20.7. The Kier molecular flexibility index (Phi) is 7.54. The molecule has 2 amide bonds. The van der Waals surface area contributed by atoms with E-state index >= 15 is 0 Å². The molecule has 0 radical (unpaired) electrons. The van der Waals surface area contributed by atoms with Crippen LogP contribution in [0.15, 0.2) is 48.5 Å². The van der Waals surface area contributed by atoms with Crippen LogP contribution in [0.5, 0.6) is 5.75 Å². The Bertz CT molecular complexity index is 1190. The Labute approximate surface area is 206 Å². The quantitative estimate of drug-likeness (QED) is 0.361. The van der Waals surface area contributed by atoms with Gasteiger partial charge in [0.1, 0.15) is 5.75 Å². The standard InChI is InChI=1S/C28H34N4O3/c1-4-18(3)29-28(35)32-25(20-8-6-7-9-20)17-24(31-32)23-16-22(14-15-26(23)33)30-27(34)21-12-10-19(5-2)11-13-21/h10-18,20,33H,4-9H2,1-3H3,(H,29,35)(H,30,34). The molecular formula is C28H34N4O3. The Morgan fingerprint density at radius 3 is 2.46 bits per heavy atom. The molecule has 4 rings (SSSR count). The average Bonchev–Trinajstić information content (AvgIpc) is 3.55. The second-order valence-corrected chi connectivity index (χ2v) is 9.34. The highest BCUT2D eigenvalue weighted by atomic mass is 16.3. The average molecular weight is 475 g/mol. The van der Waals surface area contributed by atoms with E-state index < -0.39 is 0 Å². The maximum Gasteiger partial charge on any atom is 0.342 e. The third kappa shape index (κ3) is 5.56. The van der Waals surface area contributed by atoms with E-state index in [1.54, 1.807) is 30.3 Å². The van der Waals surface area contributed by atoms with E-state index in [1.165, 1.54) is 10.2 Å². The predicted molar refractivity (Wildman–Crippen MR) is 138 cm³/mol. The van der Waals surface area contributed by atoms with Crippen LogP contribution in [0.4, 0.5) is 10.5 Å². The van der Waals surface area contributed by atoms with E-state index in [0.29, 0.717) is 22.5 Å². The van der Waals surface area contributed by atoms with Gasteiger partial charge in [0.15, 0.2) is 0 Å². The van der Waals surface area contributed by atoms with Crippen molar-refractivity contribution in [3.8, 4) is 17.0 Å². The van der Waals surface area contributed by atoms with Crippen LogP contribution in [-0.2, 0) is 6.42 Å². The van der Waals surface area contributed by atoms with Crippen LogP contribution in [0.3, 0.4) is 0 Å². The van der Waals surface area contributed by atoms with Crippen molar-refractivity contribution in [1.82, 2.24) is 15.1 Å². The smallest absolute Gasteiger partial charge is 0.342 e. The minimum atomic E-state index is -0.257. The minimum Gasteiger partial charge on any atom is -0.507 e. The van der Waals surface area contributed by atoms with E-state index in [4.69, 9.17) is 0 Å². The van der Waals surface area contributed by atoms with Gasteiger partial charge in [-0.25, -0.2) is 4.79 Å². The molecule has 1 fully saturated rings. The summed E-state index contributed by atoms with van der Waals surface area (Å²) >= 11 is 0. The predicted octanol–water partition coefficient (Wildman–Crippen LogP) is 6.08. The number of carbonyl (C=O) groups is 2. The molecule has 0 aliphatic heterocycles. The van der Waals surface area contributed by atoms with Gasteiger partial charge in [-0.15, -0.1) is 0 Å². The van der Waals surface area contributed by atoms with Crippen molar-refractivity contribution < 1.29 is 14.7 Å². The van der Waals surface area contributed by atoms with E-state index in [2.05, 4.69) is 22.7 Å². The number of rotatable bonds is 7. The zero-order chi connectivity index (χ0) is 24.9. The molecule has 0 saturated heterocycles. The molecule has 35 heavy (non-hydrogen) atoms. The number of nitrogens with zero attached hydrogens (tertiary/aromatic N) is 2. The van der Waals surface area contributed by atoms with E-state index in [9.17, 15) is 14.7 Å². The highest BCUT2D eigenvalue weighted by Crippen LogP contribution is 2.38. The van der Waals surface area contributed by atoms with Gasteiger partial charge in [0.2, 0.25) is 0 Å². The molecule has 7 heteroatoms. The van der Waals surface area contributed by atoms with Crippen LogP contribution < -0.4 is 10.6 Å². The molecule has 3 aromatic rings. The van der Waals surface area contributed by atoms with Crippen molar-refractivity contribution in [2.24, 2.45) is 0 Å². The first kappa shape index (κ1) is 24.5. The van der Waals surface area contributed by atoms with Gasteiger partial charge >= 0.3 is 6.03 Å². The molecule has 184 valence electrons. The Hall–Kier alpha value is -3.61. The lowest BCUT2D eigenvalue weighted by atomic mass is 10.0. The molecule has 3 N–H and O–H groups in total. The summed E-state index contributed by atoms with van der Waals surface area (Å²) in [4.78, 5) is 25.8. The second-order valence-electron chi connectivity index (χ2n) is 9.34. The normalized spacial score (nSPS) is 14.6. The van der Waals surface area contributed by atoms with E-state index in [-0.39, 0.29) is 29.6 Å². The van der Waals surface area contributed by atoms with Crippen molar-refractivity contribution in [3.05, 3.63) is 65.4 Å². The number of phenols is 1. The summed E-state index contributed by atoms with van der Waals surface area (Å²) in [7, 11) is 0. The van der Waals surface area contributed by atoms with Crippen molar-refractivity contribution in [2.75, 3.05) is 5.32 Å². The zero-order valence-corrected chi connectivity index (χ0v) is 20.7. The molecule has 1 heterocycles. The highest BCUT2D eigenvalue weighted by molar-refractivity contribution is 6.04. The fourth-order valence-electron chi connectivity index (χ4n) is 4.49. The topological polar surface area (TPSA) is 96.2 Å². The van der Waals surface area contributed by atoms with Crippen LogP contribution in [0.1, 0.15) is 80.4 Å². The summed E-state index contributed by atoms with van der Waals surface area (Å²) in [6.45, 7) is 6.05. The number of benzene rings is 2. The molecule has 7 nitrogen and oxygen atoms in total. The second kappa shape index (κ2) is 10.8. The van der Waals surface area contributed by atoms with Gasteiger partial charge in [-0.1, -0.05) is 38.8 Å². The first-order valence-corrected chi connectivity index (χ1v) is 12.5. The van der Waals surface area contributed by atoms with Crippen LogP contribution in [0.25, 0.3) is 11.3 Å². The fourth-order valence-corrected chi connectivity index (χ4v) is 4.49. The maximum absolute atomic E-state index is 13.0. The highest BCUT2D eigenvalue weighted by Gasteiger charge is 2.26. The number of aromatic hydroxyl groups is 1. The summed E-state index contributed by atoms with van der Waals surface area (Å²) in [5, 5.41) is 21.1. The minimum absolute atomic E-state index is 0.0323. The molecule has 1 aromatic heterocycles. The number of hydrogen-bond donors (Lipinski definition) is 3. The van der Waals surface area contributed by atoms with Crippen LogP contribution in [-0.4, -0.2) is 32.9 Å². The number of nitrogens with one attached hydrogen (secondary N) is 2. The first-order chi connectivity index (χ1) is 16.9.